The van der Waals surface area contributed by atoms with Crippen LogP contribution in [0.15, 0.2) is 24.3 Å². The van der Waals surface area contributed by atoms with E-state index in [-0.39, 0.29) is 5.91 Å². The summed E-state index contributed by atoms with van der Waals surface area (Å²) in [5, 5.41) is 10.4. The maximum Gasteiger partial charge on any atom is 0.326 e. The van der Waals surface area contributed by atoms with Crippen molar-refractivity contribution in [3.05, 3.63) is 35.5 Å². The molecule has 0 fully saturated rings. The maximum absolute atomic E-state index is 11.7. The van der Waals surface area contributed by atoms with E-state index in [1.54, 1.807) is 0 Å². The van der Waals surface area contributed by atoms with Crippen molar-refractivity contribution in [3.63, 3.8) is 0 Å². The van der Waals surface area contributed by atoms with Crippen molar-refractivity contribution in [2.24, 2.45) is 7.05 Å². The highest BCUT2D eigenvalue weighted by molar-refractivity contribution is 5.89. The molecular weight excluding hydrogens is 256 g/mol. The van der Waals surface area contributed by atoms with Crippen molar-refractivity contribution in [3.8, 4) is 0 Å². The van der Waals surface area contributed by atoms with E-state index in [2.05, 4.69) is 4.57 Å². The van der Waals surface area contributed by atoms with Crippen LogP contribution < -0.4 is 0 Å². The Morgan fingerprint density at radius 3 is 2.65 bits per heavy atom. The van der Waals surface area contributed by atoms with Crippen LogP contribution in [0.25, 0.3) is 10.9 Å². The van der Waals surface area contributed by atoms with Gasteiger partial charge in [0.15, 0.2) is 0 Å². The number of carbonyl (C=O) groups excluding carboxylic acids is 1. The SMILES string of the molecule is CC(=O)N1Cc2c(c3ccccc3n2C)CC1C(=O)O. The van der Waals surface area contributed by atoms with Crippen molar-refractivity contribution in [1.29, 1.82) is 0 Å². The van der Waals surface area contributed by atoms with E-state index in [1.165, 1.54) is 11.8 Å². The summed E-state index contributed by atoms with van der Waals surface area (Å²) in [4.78, 5) is 24.6. The van der Waals surface area contributed by atoms with Crippen molar-refractivity contribution in [1.82, 2.24) is 9.47 Å². The molecule has 104 valence electrons. The van der Waals surface area contributed by atoms with E-state index in [1.807, 2.05) is 31.3 Å². The lowest BCUT2D eigenvalue weighted by molar-refractivity contribution is -0.150. The number of fused-ring (bicyclic) bond motifs is 3. The van der Waals surface area contributed by atoms with Gasteiger partial charge in [-0.05, 0) is 11.6 Å². The van der Waals surface area contributed by atoms with Crippen LogP contribution in [0.3, 0.4) is 0 Å². The molecule has 0 spiro atoms. The van der Waals surface area contributed by atoms with Gasteiger partial charge in [0.25, 0.3) is 0 Å². The number of carboxylic acids is 1. The molecule has 1 aromatic heterocycles. The second-order valence-electron chi connectivity index (χ2n) is 5.21. The van der Waals surface area contributed by atoms with Crippen LogP contribution in [0.1, 0.15) is 18.2 Å². The van der Waals surface area contributed by atoms with Gasteiger partial charge < -0.3 is 14.6 Å². The normalized spacial score (nSPS) is 18.1. The lowest BCUT2D eigenvalue weighted by atomic mass is 9.96. The van der Waals surface area contributed by atoms with Gasteiger partial charge in [0, 0.05) is 37.0 Å². The number of nitrogens with zero attached hydrogens (tertiary/aromatic N) is 2. The monoisotopic (exact) mass is 272 g/mol. The second kappa shape index (κ2) is 4.37. The molecule has 1 aliphatic heterocycles. The summed E-state index contributed by atoms with van der Waals surface area (Å²) in [7, 11) is 1.96. The minimum absolute atomic E-state index is 0.201. The van der Waals surface area contributed by atoms with Crippen molar-refractivity contribution >= 4 is 22.8 Å². The fraction of sp³-hybridized carbons (Fsp3) is 0.333. The topological polar surface area (TPSA) is 62.5 Å². The third-order valence-electron chi connectivity index (χ3n) is 4.13. The molecule has 1 aliphatic rings. The number of para-hydroxylation sites is 1. The van der Waals surface area contributed by atoms with Crippen molar-refractivity contribution in [2.75, 3.05) is 0 Å². The Hall–Kier alpha value is -2.30. The number of hydrogen-bond donors (Lipinski definition) is 1. The molecule has 1 aromatic carbocycles. The minimum atomic E-state index is -0.946. The average molecular weight is 272 g/mol. The van der Waals surface area contributed by atoms with Gasteiger partial charge in [0.1, 0.15) is 6.04 Å². The highest BCUT2D eigenvalue weighted by Gasteiger charge is 2.35. The first kappa shape index (κ1) is 12.7. The molecule has 1 atom stereocenters. The Kier molecular flexibility index (Phi) is 2.78. The average Bonchev–Trinajstić information content (AvgIpc) is 2.71. The van der Waals surface area contributed by atoms with Gasteiger partial charge in [-0.15, -0.1) is 0 Å². The summed E-state index contributed by atoms with van der Waals surface area (Å²) in [6, 6.07) is 7.17. The lowest BCUT2D eigenvalue weighted by Gasteiger charge is -2.33. The molecule has 2 aromatic rings. The van der Waals surface area contributed by atoms with Gasteiger partial charge in [-0.2, -0.15) is 0 Å². The number of rotatable bonds is 1. The summed E-state index contributed by atoms with van der Waals surface area (Å²) < 4.78 is 2.05. The Labute approximate surface area is 116 Å². The second-order valence-corrected chi connectivity index (χ2v) is 5.21. The molecule has 0 aliphatic carbocycles. The molecule has 1 unspecified atom stereocenters. The van der Waals surface area contributed by atoms with Crippen LogP contribution in [0.2, 0.25) is 0 Å². The minimum Gasteiger partial charge on any atom is -0.480 e. The predicted octanol–water partition coefficient (Wildman–Crippen LogP) is 1.54. The van der Waals surface area contributed by atoms with Crippen LogP contribution in [0, 0.1) is 0 Å². The third-order valence-corrected chi connectivity index (χ3v) is 4.13. The number of aliphatic carboxylic acids is 1. The Morgan fingerprint density at radius 1 is 1.30 bits per heavy atom. The summed E-state index contributed by atoms with van der Waals surface area (Å²) in [5.41, 5.74) is 3.15. The van der Waals surface area contributed by atoms with Crippen LogP contribution in [-0.4, -0.2) is 32.5 Å². The zero-order valence-corrected chi connectivity index (χ0v) is 11.5. The number of amides is 1. The highest BCUT2D eigenvalue weighted by atomic mass is 16.4. The van der Waals surface area contributed by atoms with Gasteiger partial charge >= 0.3 is 5.97 Å². The lowest BCUT2D eigenvalue weighted by Crippen LogP contribution is -2.48. The molecule has 1 N–H and O–H groups in total. The van der Waals surface area contributed by atoms with E-state index in [0.717, 1.165) is 22.2 Å². The number of benzene rings is 1. The third kappa shape index (κ3) is 1.70. The fourth-order valence-electron chi connectivity index (χ4n) is 3.08. The van der Waals surface area contributed by atoms with E-state index in [9.17, 15) is 14.7 Å². The number of aryl methyl sites for hydroxylation is 1. The molecule has 20 heavy (non-hydrogen) atoms. The van der Waals surface area contributed by atoms with Crippen LogP contribution >= 0.6 is 0 Å². The predicted molar refractivity (Wildman–Crippen MR) is 74.3 cm³/mol. The number of aromatic nitrogens is 1. The van der Waals surface area contributed by atoms with Crippen LogP contribution in [-0.2, 0) is 29.6 Å². The van der Waals surface area contributed by atoms with Gasteiger partial charge in [0.2, 0.25) is 5.91 Å². The molecule has 0 bridgehead atoms. The van der Waals surface area contributed by atoms with E-state index >= 15 is 0 Å². The number of hydrogen-bond acceptors (Lipinski definition) is 2. The zero-order valence-electron chi connectivity index (χ0n) is 11.5. The smallest absolute Gasteiger partial charge is 0.326 e. The fourth-order valence-corrected chi connectivity index (χ4v) is 3.08. The largest absolute Gasteiger partial charge is 0.480 e. The number of carboxylic acid groups (broad SMARTS) is 1. The molecular formula is C15H16N2O3. The molecule has 5 heteroatoms. The summed E-state index contributed by atoms with van der Waals surface area (Å²) in [6.07, 6.45) is 0.367. The Morgan fingerprint density at radius 2 is 2.00 bits per heavy atom. The van der Waals surface area contributed by atoms with Crippen molar-refractivity contribution in [2.45, 2.75) is 25.9 Å². The van der Waals surface area contributed by atoms with E-state index < -0.39 is 12.0 Å². The van der Waals surface area contributed by atoms with E-state index in [0.29, 0.717) is 13.0 Å². The Balaban J connectivity index is 2.19. The first-order chi connectivity index (χ1) is 9.50. The summed E-state index contributed by atoms with van der Waals surface area (Å²) in [6.45, 7) is 1.77. The first-order valence-corrected chi connectivity index (χ1v) is 6.56. The van der Waals surface area contributed by atoms with Gasteiger partial charge in [0.05, 0.1) is 6.54 Å². The van der Waals surface area contributed by atoms with Crippen LogP contribution in [0.4, 0.5) is 0 Å². The molecule has 0 radical (unpaired) electrons. The summed E-state index contributed by atoms with van der Waals surface area (Å²) >= 11 is 0. The molecule has 0 saturated carbocycles. The molecule has 0 saturated heterocycles. The molecule has 1 amide bonds. The zero-order chi connectivity index (χ0) is 14.4. The van der Waals surface area contributed by atoms with Gasteiger partial charge in [-0.1, -0.05) is 18.2 Å². The van der Waals surface area contributed by atoms with E-state index in [4.69, 9.17) is 0 Å². The number of carbonyl (C=O) groups is 2. The van der Waals surface area contributed by atoms with Crippen LogP contribution in [0.5, 0.6) is 0 Å². The highest BCUT2D eigenvalue weighted by Crippen LogP contribution is 2.32. The Bertz CT molecular complexity index is 717. The molecule has 3 rings (SSSR count). The summed E-state index contributed by atoms with van der Waals surface area (Å²) in [5.74, 6) is -1.15. The van der Waals surface area contributed by atoms with Gasteiger partial charge in [-0.3, -0.25) is 4.79 Å². The molecule has 5 nitrogen and oxygen atoms in total. The standard InChI is InChI=1S/C15H16N2O3/c1-9(18)17-8-14-11(7-13(17)15(19)20)10-5-3-4-6-12(10)16(14)2/h3-6,13H,7-8H2,1-2H3,(H,19,20). The maximum atomic E-state index is 11.7. The quantitative estimate of drug-likeness (QED) is 0.856. The first-order valence-electron chi connectivity index (χ1n) is 6.56. The van der Waals surface area contributed by atoms with Gasteiger partial charge in [-0.25, -0.2) is 4.79 Å². The van der Waals surface area contributed by atoms with Crippen molar-refractivity contribution < 1.29 is 14.7 Å². The molecule has 2 heterocycles.